The van der Waals surface area contributed by atoms with Crippen molar-refractivity contribution in [2.75, 3.05) is 58.8 Å². The van der Waals surface area contributed by atoms with Crippen molar-refractivity contribution in [2.45, 2.75) is 32.0 Å². The van der Waals surface area contributed by atoms with Gasteiger partial charge in [0.1, 0.15) is 37.2 Å². The number of carbonyl (C=O) groups is 2. The van der Waals surface area contributed by atoms with Crippen LogP contribution in [0.25, 0.3) is 11.1 Å². The summed E-state index contributed by atoms with van der Waals surface area (Å²) >= 11 is 1.07. The molecule has 17 nitrogen and oxygen atoms in total. The molecule has 2 saturated heterocycles. The van der Waals surface area contributed by atoms with Crippen LogP contribution in [0.3, 0.4) is 0 Å². The van der Waals surface area contributed by atoms with Crippen molar-refractivity contribution in [3.63, 3.8) is 0 Å². The van der Waals surface area contributed by atoms with E-state index >= 15 is 0 Å². The SMILES string of the molecule is CC1(C)C(NC(=O)/C(=N\OCCOc2ccc(-c3cnn(CC[N+]4(C)CCOCC4)c3)cc2)c2csc(N)n2)C(=O)N1OS(=O)(=O)O. The van der Waals surface area contributed by atoms with Crippen molar-refractivity contribution >= 4 is 44.4 Å². The van der Waals surface area contributed by atoms with E-state index in [1.807, 2.05) is 41.3 Å². The molecule has 2 fully saturated rings. The maximum atomic E-state index is 13.1. The molecule has 1 aromatic carbocycles. The predicted molar refractivity (Wildman–Crippen MR) is 169 cm³/mol. The molecular weight excluding hydrogens is 656 g/mol. The standard InChI is InChI=1S/C28H36N8O9S2/c1-28(2)24(26(38)35(28)45-47(39,40)41)32-25(37)23(22-18-46-27(29)31-22)33-44-15-14-43-21-6-4-19(5-7-21)20-16-30-34(17-20)8-9-36(3)10-12-42-13-11-36/h4-7,16-18,24H,8-15H2,1-3H3,(H3-,29,31,32,37,39,40,41)/p+1/b33-23-. The van der Waals surface area contributed by atoms with Crippen LogP contribution in [0.5, 0.6) is 5.75 Å². The van der Waals surface area contributed by atoms with E-state index in [9.17, 15) is 18.0 Å². The number of aromatic nitrogens is 3. The number of quaternary nitrogens is 1. The minimum atomic E-state index is -4.95. The Morgan fingerprint density at radius 3 is 2.60 bits per heavy atom. The fraction of sp³-hybridized carbons (Fsp3) is 0.464. The summed E-state index contributed by atoms with van der Waals surface area (Å²) in [5.41, 5.74) is 6.25. The Balaban J connectivity index is 1.12. The molecule has 2 aliphatic heterocycles. The number of oxime groups is 1. The fourth-order valence-electron chi connectivity index (χ4n) is 5.06. The summed E-state index contributed by atoms with van der Waals surface area (Å²) in [6.07, 6.45) is 3.87. The third-order valence-corrected chi connectivity index (χ3v) is 8.95. The van der Waals surface area contributed by atoms with Crippen molar-refractivity contribution < 1.29 is 45.6 Å². The first-order chi connectivity index (χ1) is 22.2. The number of nitrogens with zero attached hydrogens (tertiary/aromatic N) is 6. The van der Waals surface area contributed by atoms with Crippen LogP contribution in [-0.4, -0.2) is 119 Å². The van der Waals surface area contributed by atoms with E-state index in [2.05, 4.69) is 31.9 Å². The van der Waals surface area contributed by atoms with E-state index in [1.165, 1.54) is 19.2 Å². The lowest BCUT2D eigenvalue weighted by Gasteiger charge is -2.50. The highest BCUT2D eigenvalue weighted by molar-refractivity contribution is 7.80. The van der Waals surface area contributed by atoms with E-state index < -0.39 is 33.8 Å². The molecule has 19 heteroatoms. The number of β-lactam (4-membered cyclic amide) rings is 1. The number of likely N-dealkylation sites (N-methyl/N-ethyl adjacent to an activating group) is 1. The van der Waals surface area contributed by atoms with Gasteiger partial charge < -0.3 is 29.8 Å². The lowest BCUT2D eigenvalue weighted by molar-refractivity contribution is -0.917. The first kappa shape index (κ1) is 34.2. The van der Waals surface area contributed by atoms with Crippen molar-refractivity contribution in [1.82, 2.24) is 25.1 Å². The number of amides is 2. The minimum absolute atomic E-state index is 0.0295. The number of benzene rings is 1. The van der Waals surface area contributed by atoms with E-state index in [0.29, 0.717) is 10.8 Å². The molecule has 0 saturated carbocycles. The van der Waals surface area contributed by atoms with Gasteiger partial charge in [0, 0.05) is 17.1 Å². The Kier molecular flexibility index (Phi) is 10.1. The van der Waals surface area contributed by atoms with Gasteiger partial charge in [0.15, 0.2) is 17.5 Å². The Hall–Kier alpha value is -4.14. The van der Waals surface area contributed by atoms with E-state index in [4.69, 9.17) is 24.6 Å². The predicted octanol–water partition coefficient (Wildman–Crippen LogP) is 0.705. The van der Waals surface area contributed by atoms with E-state index in [0.717, 1.165) is 66.3 Å². The number of rotatable bonds is 14. The van der Waals surface area contributed by atoms with Gasteiger partial charge in [-0.05, 0) is 31.5 Å². The van der Waals surface area contributed by atoms with Crippen LogP contribution < -0.4 is 15.8 Å². The van der Waals surface area contributed by atoms with Gasteiger partial charge in [-0.15, -0.1) is 15.6 Å². The van der Waals surface area contributed by atoms with Crippen LogP contribution in [0.15, 0.2) is 47.2 Å². The molecule has 0 bridgehead atoms. The van der Waals surface area contributed by atoms with E-state index in [1.54, 1.807) is 0 Å². The molecule has 0 radical (unpaired) electrons. The first-order valence-corrected chi connectivity index (χ1v) is 16.9. The van der Waals surface area contributed by atoms with Crippen LogP contribution in [0.4, 0.5) is 5.13 Å². The number of carbonyl (C=O) groups excluding carboxylic acids is 2. The molecule has 0 spiro atoms. The Bertz CT molecular complexity index is 1720. The molecule has 47 heavy (non-hydrogen) atoms. The number of nitrogens with one attached hydrogen (secondary N) is 1. The number of ether oxygens (including phenoxy) is 2. The zero-order chi connectivity index (χ0) is 33.8. The fourth-order valence-corrected chi connectivity index (χ4v) is 6.06. The molecule has 4 N–H and O–H groups in total. The summed E-state index contributed by atoms with van der Waals surface area (Å²) in [6, 6.07) is 6.34. The molecule has 2 aromatic heterocycles. The zero-order valence-electron chi connectivity index (χ0n) is 26.1. The summed E-state index contributed by atoms with van der Waals surface area (Å²) < 4.78 is 49.6. The topological polar surface area (TPSA) is 210 Å². The molecule has 5 rings (SSSR count). The third kappa shape index (κ3) is 8.42. The van der Waals surface area contributed by atoms with Gasteiger partial charge in [-0.25, -0.2) is 4.98 Å². The molecule has 0 aliphatic carbocycles. The summed E-state index contributed by atoms with van der Waals surface area (Å²) in [7, 11) is -2.70. The molecule has 4 heterocycles. The number of hydrogen-bond donors (Lipinski definition) is 3. The van der Waals surface area contributed by atoms with E-state index in [-0.39, 0.29) is 29.8 Å². The smallest absolute Gasteiger partial charge is 0.418 e. The molecular formula is C28H37N8O9S2+. The summed E-state index contributed by atoms with van der Waals surface area (Å²) in [5, 5.41) is 13.0. The minimum Gasteiger partial charge on any atom is -0.490 e. The molecule has 3 aromatic rings. The number of hydrogen-bond acceptors (Lipinski definition) is 13. The molecule has 2 amide bonds. The highest BCUT2D eigenvalue weighted by atomic mass is 32.3. The largest absolute Gasteiger partial charge is 0.490 e. The second-order valence-corrected chi connectivity index (χ2v) is 13.7. The number of anilines is 1. The molecule has 1 atom stereocenters. The average molecular weight is 694 g/mol. The van der Waals surface area contributed by atoms with Crippen LogP contribution in [0.2, 0.25) is 0 Å². The summed E-state index contributed by atoms with van der Waals surface area (Å²) in [5.74, 6) is -1.12. The Morgan fingerprint density at radius 2 is 1.96 bits per heavy atom. The Morgan fingerprint density at radius 1 is 1.23 bits per heavy atom. The summed E-state index contributed by atoms with van der Waals surface area (Å²) in [6.45, 7) is 8.34. The van der Waals surface area contributed by atoms with Gasteiger partial charge in [0.2, 0.25) is 0 Å². The number of nitrogen functional groups attached to an aromatic ring is 1. The number of thiazole rings is 1. The maximum absolute atomic E-state index is 13.1. The van der Waals surface area contributed by atoms with Crippen LogP contribution in [0.1, 0.15) is 19.5 Å². The van der Waals surface area contributed by atoms with Crippen molar-refractivity contribution in [1.29, 1.82) is 0 Å². The lowest BCUT2D eigenvalue weighted by Crippen LogP contribution is -2.76. The van der Waals surface area contributed by atoms with Gasteiger partial charge in [-0.3, -0.25) is 18.8 Å². The van der Waals surface area contributed by atoms with Crippen LogP contribution in [-0.2, 0) is 40.4 Å². The quantitative estimate of drug-likeness (QED) is 0.0532. The third-order valence-electron chi connectivity index (χ3n) is 7.94. The van der Waals surface area contributed by atoms with Gasteiger partial charge in [-0.2, -0.15) is 18.6 Å². The highest BCUT2D eigenvalue weighted by Gasteiger charge is 2.58. The number of nitrogens with two attached hydrogens (primary N) is 1. The Labute approximate surface area is 275 Å². The summed E-state index contributed by atoms with van der Waals surface area (Å²) in [4.78, 5) is 35.0. The van der Waals surface area contributed by atoms with Gasteiger partial charge in [-0.1, -0.05) is 17.3 Å². The number of hydroxylamine groups is 2. The van der Waals surface area contributed by atoms with Crippen molar-refractivity contribution in [3.05, 3.63) is 47.7 Å². The van der Waals surface area contributed by atoms with Crippen LogP contribution in [0, 0.1) is 0 Å². The second kappa shape index (κ2) is 13.9. The molecule has 254 valence electrons. The molecule has 2 aliphatic rings. The highest BCUT2D eigenvalue weighted by Crippen LogP contribution is 2.33. The average Bonchev–Trinajstić information content (AvgIpc) is 3.68. The maximum Gasteiger partial charge on any atom is 0.418 e. The van der Waals surface area contributed by atoms with Crippen LogP contribution >= 0.6 is 11.3 Å². The van der Waals surface area contributed by atoms with Gasteiger partial charge >= 0.3 is 10.4 Å². The monoisotopic (exact) mass is 693 g/mol. The second-order valence-electron chi connectivity index (χ2n) is 11.8. The van der Waals surface area contributed by atoms with Crippen molar-refractivity contribution in [2.24, 2.45) is 5.16 Å². The van der Waals surface area contributed by atoms with Gasteiger partial charge in [0.05, 0.1) is 45.1 Å². The zero-order valence-corrected chi connectivity index (χ0v) is 27.7. The molecule has 1 unspecified atom stereocenters. The van der Waals surface area contributed by atoms with Crippen molar-refractivity contribution in [3.8, 4) is 16.9 Å². The lowest BCUT2D eigenvalue weighted by atomic mass is 9.84. The van der Waals surface area contributed by atoms with Gasteiger partial charge in [0.25, 0.3) is 11.8 Å². The normalized spacial score (nSPS) is 19.2. The first-order valence-electron chi connectivity index (χ1n) is 14.6. The number of morpholine rings is 1.